The number of aromatic nitrogens is 2. The number of hydrogen-bond donors (Lipinski definition) is 0. The van der Waals surface area contributed by atoms with Crippen molar-refractivity contribution in [3.8, 4) is 5.75 Å². The first kappa shape index (κ1) is 19.4. The van der Waals surface area contributed by atoms with Crippen molar-refractivity contribution in [2.45, 2.75) is 25.0 Å². The smallest absolute Gasteiger partial charge is 0.387 e. The maximum absolute atomic E-state index is 13.1. The van der Waals surface area contributed by atoms with Crippen LogP contribution in [0.2, 0.25) is 0 Å². The van der Waals surface area contributed by atoms with Crippen LogP contribution >= 0.6 is 0 Å². The Morgan fingerprint density at radius 1 is 1.12 bits per heavy atom. The zero-order valence-corrected chi connectivity index (χ0v) is 17.7. The second kappa shape index (κ2) is 6.96. The second-order valence-corrected chi connectivity index (χ2v) is 8.71. The zero-order valence-electron chi connectivity index (χ0n) is 17.7. The summed E-state index contributed by atoms with van der Waals surface area (Å²) in [4.78, 5) is 23.9. The molecule has 0 bridgehead atoms. The summed E-state index contributed by atoms with van der Waals surface area (Å²) in [7, 11) is 0. The van der Waals surface area contributed by atoms with E-state index in [1.807, 2.05) is 29.2 Å². The minimum absolute atomic E-state index is 0.0309. The first-order valence-corrected chi connectivity index (χ1v) is 11.0. The standard InChI is InChI=1S/C26H17F2N3O3/c27-26(28)34-20-6-5-15(22-17-11-29-8-7-19(17)33-25(20)22)14-10-21(32)31(12-14)24-16-9-13-3-1-2-4-18(13)30-23(16)24/h1-9,11,14,24,26H,10,12H2. The second-order valence-electron chi connectivity index (χ2n) is 8.71. The first-order chi connectivity index (χ1) is 16.6. The normalized spacial score (nSPS) is 19.5. The Morgan fingerprint density at radius 2 is 2.00 bits per heavy atom. The quantitative estimate of drug-likeness (QED) is 0.354. The Bertz CT molecular complexity index is 1590. The number of furan rings is 1. The third kappa shape index (κ3) is 2.81. The fourth-order valence-corrected chi connectivity index (χ4v) is 5.26. The summed E-state index contributed by atoms with van der Waals surface area (Å²) in [6.07, 6.45) is 3.55. The molecule has 4 heterocycles. The van der Waals surface area contributed by atoms with Crippen molar-refractivity contribution in [2.75, 3.05) is 6.54 Å². The number of ether oxygens (including phenoxy) is 1. The summed E-state index contributed by atoms with van der Waals surface area (Å²) in [5.41, 5.74) is 4.58. The molecule has 2 aliphatic rings. The first-order valence-electron chi connectivity index (χ1n) is 11.0. The van der Waals surface area contributed by atoms with Crippen LogP contribution in [0.25, 0.3) is 32.8 Å². The predicted octanol–water partition coefficient (Wildman–Crippen LogP) is 5.55. The summed E-state index contributed by atoms with van der Waals surface area (Å²) < 4.78 is 36.6. The molecule has 8 heteroatoms. The number of benzene rings is 2. The minimum atomic E-state index is -2.97. The molecular formula is C26H17F2N3O3. The summed E-state index contributed by atoms with van der Waals surface area (Å²) >= 11 is 0. The van der Waals surface area contributed by atoms with Crippen molar-refractivity contribution in [2.24, 2.45) is 0 Å². The molecule has 1 amide bonds. The number of amides is 1. The topological polar surface area (TPSA) is 68.5 Å². The lowest BCUT2D eigenvalue weighted by Crippen LogP contribution is -2.23. The molecule has 0 spiro atoms. The van der Waals surface area contributed by atoms with Gasteiger partial charge in [0.1, 0.15) is 11.6 Å². The van der Waals surface area contributed by atoms with Gasteiger partial charge in [-0.3, -0.25) is 9.78 Å². The van der Waals surface area contributed by atoms with Gasteiger partial charge in [0.25, 0.3) is 0 Å². The SMILES string of the molecule is O=C1CC(c2ccc(OC(F)F)c3oc4ccncc4c23)CN1C1c2cc3ccccc3nc21. The number of alkyl halides is 2. The van der Waals surface area contributed by atoms with Gasteiger partial charge in [0.2, 0.25) is 5.91 Å². The van der Waals surface area contributed by atoms with E-state index in [2.05, 4.69) is 11.1 Å². The zero-order chi connectivity index (χ0) is 23.0. The van der Waals surface area contributed by atoms with E-state index in [9.17, 15) is 13.6 Å². The maximum Gasteiger partial charge on any atom is 0.387 e. The minimum Gasteiger partial charge on any atom is -0.452 e. The van der Waals surface area contributed by atoms with E-state index >= 15 is 0 Å². The van der Waals surface area contributed by atoms with Crippen molar-refractivity contribution in [3.05, 3.63) is 77.7 Å². The van der Waals surface area contributed by atoms with Crippen LogP contribution in [0.3, 0.4) is 0 Å². The Labute approximate surface area is 191 Å². The molecule has 2 aromatic carbocycles. The lowest BCUT2D eigenvalue weighted by Gasteiger charge is -2.17. The van der Waals surface area contributed by atoms with Crippen molar-refractivity contribution in [3.63, 3.8) is 0 Å². The largest absolute Gasteiger partial charge is 0.452 e. The molecule has 1 fully saturated rings. The molecule has 0 radical (unpaired) electrons. The maximum atomic E-state index is 13.1. The number of nitrogens with zero attached hydrogens (tertiary/aromatic N) is 3. The number of para-hydroxylation sites is 1. The van der Waals surface area contributed by atoms with Gasteiger partial charge in [-0.15, -0.1) is 0 Å². The highest BCUT2D eigenvalue weighted by atomic mass is 19.3. The highest BCUT2D eigenvalue weighted by Crippen LogP contribution is 2.50. The van der Waals surface area contributed by atoms with Crippen LogP contribution in [0.15, 0.2) is 65.3 Å². The Kier molecular flexibility index (Phi) is 3.97. The third-order valence-electron chi connectivity index (χ3n) is 6.80. The molecule has 2 atom stereocenters. The van der Waals surface area contributed by atoms with Gasteiger partial charge in [0.05, 0.1) is 11.2 Å². The number of hydrogen-bond acceptors (Lipinski definition) is 5. The molecule has 34 heavy (non-hydrogen) atoms. The molecule has 0 saturated carbocycles. The number of fused-ring (bicyclic) bond motifs is 5. The molecule has 2 unspecified atom stereocenters. The van der Waals surface area contributed by atoms with Gasteiger partial charge in [0.15, 0.2) is 11.3 Å². The van der Waals surface area contributed by atoms with Gasteiger partial charge < -0.3 is 14.1 Å². The number of halogens is 2. The molecule has 0 N–H and O–H groups in total. The Balaban J connectivity index is 1.28. The van der Waals surface area contributed by atoms with Crippen molar-refractivity contribution < 1.29 is 22.7 Å². The highest BCUT2D eigenvalue weighted by Gasteiger charge is 2.46. The number of pyridine rings is 2. The van der Waals surface area contributed by atoms with Crippen LogP contribution in [-0.4, -0.2) is 33.9 Å². The number of carbonyl (C=O) groups excluding carboxylic acids is 1. The molecule has 1 aliphatic heterocycles. The number of likely N-dealkylation sites (tertiary alicyclic amines) is 1. The Morgan fingerprint density at radius 3 is 2.88 bits per heavy atom. The Hall–Kier alpha value is -4.07. The van der Waals surface area contributed by atoms with Crippen LogP contribution in [0.4, 0.5) is 8.78 Å². The predicted molar refractivity (Wildman–Crippen MR) is 121 cm³/mol. The molecule has 3 aromatic heterocycles. The van der Waals surface area contributed by atoms with E-state index in [0.717, 1.165) is 27.7 Å². The fourth-order valence-electron chi connectivity index (χ4n) is 5.26. The van der Waals surface area contributed by atoms with E-state index in [-0.39, 0.29) is 29.2 Å². The monoisotopic (exact) mass is 457 g/mol. The van der Waals surface area contributed by atoms with Gasteiger partial charge >= 0.3 is 6.61 Å². The van der Waals surface area contributed by atoms with Crippen LogP contribution in [0.1, 0.15) is 35.2 Å². The van der Waals surface area contributed by atoms with Gasteiger partial charge in [-0.05, 0) is 29.8 Å². The van der Waals surface area contributed by atoms with E-state index in [1.54, 1.807) is 24.5 Å². The molecule has 5 aromatic rings. The van der Waals surface area contributed by atoms with Gasteiger partial charge in [-0.1, -0.05) is 24.3 Å². The fraction of sp³-hybridized carbons (Fsp3) is 0.192. The summed E-state index contributed by atoms with van der Waals surface area (Å²) in [6.45, 7) is -2.46. The summed E-state index contributed by atoms with van der Waals surface area (Å²) in [6, 6.07) is 14.9. The molecule has 7 rings (SSSR count). The van der Waals surface area contributed by atoms with E-state index in [4.69, 9.17) is 14.1 Å². The van der Waals surface area contributed by atoms with Crippen LogP contribution in [-0.2, 0) is 4.79 Å². The van der Waals surface area contributed by atoms with Gasteiger partial charge in [-0.25, -0.2) is 4.98 Å². The summed E-state index contributed by atoms with van der Waals surface area (Å²) in [5.74, 6) is -0.108. The molecular weight excluding hydrogens is 440 g/mol. The third-order valence-corrected chi connectivity index (χ3v) is 6.80. The van der Waals surface area contributed by atoms with E-state index in [1.165, 1.54) is 6.07 Å². The van der Waals surface area contributed by atoms with Crippen LogP contribution in [0.5, 0.6) is 5.75 Å². The van der Waals surface area contributed by atoms with Crippen molar-refractivity contribution >= 4 is 38.7 Å². The average Bonchev–Trinajstić information content (AvgIpc) is 3.17. The van der Waals surface area contributed by atoms with E-state index < -0.39 is 6.61 Å². The highest BCUT2D eigenvalue weighted by molar-refractivity contribution is 6.08. The molecule has 6 nitrogen and oxygen atoms in total. The average molecular weight is 457 g/mol. The van der Waals surface area contributed by atoms with Crippen LogP contribution in [0, 0.1) is 0 Å². The number of carbonyl (C=O) groups is 1. The van der Waals surface area contributed by atoms with Crippen molar-refractivity contribution in [1.82, 2.24) is 14.9 Å². The molecule has 168 valence electrons. The van der Waals surface area contributed by atoms with Gasteiger partial charge in [0, 0.05) is 53.0 Å². The molecule has 1 saturated heterocycles. The lowest BCUT2D eigenvalue weighted by molar-refractivity contribution is -0.128. The van der Waals surface area contributed by atoms with Crippen molar-refractivity contribution in [1.29, 1.82) is 0 Å². The number of rotatable bonds is 4. The van der Waals surface area contributed by atoms with E-state index in [0.29, 0.717) is 29.3 Å². The van der Waals surface area contributed by atoms with Gasteiger partial charge in [-0.2, -0.15) is 8.78 Å². The van der Waals surface area contributed by atoms with Crippen LogP contribution < -0.4 is 4.74 Å². The summed E-state index contributed by atoms with van der Waals surface area (Å²) in [5, 5.41) is 2.43. The molecule has 1 aliphatic carbocycles. The lowest BCUT2D eigenvalue weighted by atomic mass is 9.93.